The maximum Gasteiger partial charge on any atom is 0.124 e. The highest BCUT2D eigenvalue weighted by Gasteiger charge is 2.20. The van der Waals surface area contributed by atoms with E-state index in [1.165, 1.54) is 0 Å². The zero-order valence-corrected chi connectivity index (χ0v) is 11.8. The number of ether oxygens (including phenoxy) is 2. The predicted octanol–water partition coefficient (Wildman–Crippen LogP) is 1.81. The third kappa shape index (κ3) is 3.93. The van der Waals surface area contributed by atoms with Crippen LogP contribution < -0.4 is 10.5 Å². The Morgan fingerprint density at radius 1 is 1.47 bits per heavy atom. The molecule has 2 N–H and O–H groups in total. The van der Waals surface area contributed by atoms with Crippen molar-refractivity contribution in [2.45, 2.75) is 26.0 Å². The zero-order chi connectivity index (χ0) is 13.7. The summed E-state index contributed by atoms with van der Waals surface area (Å²) in [5.41, 5.74) is 6.99. The number of benzene rings is 1. The fraction of sp³-hybridized carbons (Fsp3) is 0.600. The third-order valence-electron chi connectivity index (χ3n) is 3.50. The van der Waals surface area contributed by atoms with Crippen molar-refractivity contribution in [3.8, 4) is 5.75 Å². The van der Waals surface area contributed by atoms with E-state index < -0.39 is 0 Å². The Balaban J connectivity index is 1.91. The monoisotopic (exact) mass is 264 g/mol. The molecule has 1 heterocycles. The van der Waals surface area contributed by atoms with E-state index in [9.17, 15) is 0 Å². The molecule has 1 aromatic carbocycles. The van der Waals surface area contributed by atoms with Crippen LogP contribution in [0.5, 0.6) is 5.75 Å². The summed E-state index contributed by atoms with van der Waals surface area (Å²) >= 11 is 0. The van der Waals surface area contributed by atoms with Crippen molar-refractivity contribution in [2.75, 3.05) is 32.8 Å². The van der Waals surface area contributed by atoms with Crippen LogP contribution in [0.2, 0.25) is 0 Å². The van der Waals surface area contributed by atoms with Gasteiger partial charge in [-0.1, -0.05) is 25.1 Å². The van der Waals surface area contributed by atoms with Gasteiger partial charge in [-0.05, 0) is 19.5 Å². The molecule has 0 aromatic heterocycles. The van der Waals surface area contributed by atoms with Gasteiger partial charge in [0.25, 0.3) is 0 Å². The van der Waals surface area contributed by atoms with Crippen LogP contribution in [0, 0.1) is 0 Å². The lowest BCUT2D eigenvalue weighted by molar-refractivity contribution is -0.0465. The highest BCUT2D eigenvalue weighted by Crippen LogP contribution is 2.23. The summed E-state index contributed by atoms with van der Waals surface area (Å²) in [7, 11) is 0. The molecule has 1 fully saturated rings. The first-order valence-corrected chi connectivity index (χ1v) is 7.02. The van der Waals surface area contributed by atoms with E-state index in [0.29, 0.717) is 6.61 Å². The topological polar surface area (TPSA) is 47.7 Å². The van der Waals surface area contributed by atoms with E-state index in [1.807, 2.05) is 31.2 Å². The molecule has 1 aliphatic heterocycles. The van der Waals surface area contributed by atoms with Crippen molar-refractivity contribution < 1.29 is 9.47 Å². The second-order valence-electron chi connectivity index (χ2n) is 5.02. The van der Waals surface area contributed by atoms with Crippen LogP contribution in [0.3, 0.4) is 0 Å². The molecule has 0 amide bonds. The number of hydrogen-bond acceptors (Lipinski definition) is 4. The van der Waals surface area contributed by atoms with Gasteiger partial charge in [0.05, 0.1) is 6.61 Å². The van der Waals surface area contributed by atoms with Gasteiger partial charge in [-0.25, -0.2) is 0 Å². The fourth-order valence-electron chi connectivity index (χ4n) is 2.34. The Kier molecular flexibility index (Phi) is 5.19. The molecular weight excluding hydrogens is 240 g/mol. The lowest BCUT2D eigenvalue weighted by Gasteiger charge is -2.32. The molecule has 106 valence electrons. The first kappa shape index (κ1) is 14.3. The molecule has 4 heteroatoms. The van der Waals surface area contributed by atoms with Gasteiger partial charge in [0.15, 0.2) is 0 Å². The van der Waals surface area contributed by atoms with Crippen molar-refractivity contribution in [1.29, 1.82) is 0 Å². The average Bonchev–Trinajstić information content (AvgIpc) is 2.45. The van der Waals surface area contributed by atoms with Crippen LogP contribution in [0.4, 0.5) is 0 Å². The highest BCUT2D eigenvalue weighted by molar-refractivity contribution is 5.35. The second-order valence-corrected chi connectivity index (χ2v) is 5.02. The molecule has 0 spiro atoms. The minimum absolute atomic E-state index is 0.0179. The summed E-state index contributed by atoms with van der Waals surface area (Å²) in [5.74, 6) is 0.870. The standard InChI is InChI=1S/C15H24N2O2/c1-3-17-8-9-18-13(10-17)11-19-15-7-5-4-6-14(15)12(2)16/h4-7,12-13H,3,8-11,16H2,1-2H3. The molecule has 2 atom stereocenters. The Bertz CT molecular complexity index is 395. The molecule has 4 nitrogen and oxygen atoms in total. The molecule has 1 aliphatic rings. The maximum atomic E-state index is 5.95. The summed E-state index contributed by atoms with van der Waals surface area (Å²) in [6, 6.07) is 7.93. The van der Waals surface area contributed by atoms with Crippen LogP contribution >= 0.6 is 0 Å². The van der Waals surface area contributed by atoms with Gasteiger partial charge in [-0.3, -0.25) is 4.90 Å². The van der Waals surface area contributed by atoms with Crippen molar-refractivity contribution in [2.24, 2.45) is 5.73 Å². The van der Waals surface area contributed by atoms with Gasteiger partial charge in [0.2, 0.25) is 0 Å². The van der Waals surface area contributed by atoms with E-state index in [2.05, 4.69) is 11.8 Å². The van der Waals surface area contributed by atoms with Crippen LogP contribution in [-0.2, 0) is 4.74 Å². The summed E-state index contributed by atoms with van der Waals surface area (Å²) < 4.78 is 11.6. The van der Waals surface area contributed by atoms with E-state index in [0.717, 1.165) is 37.6 Å². The zero-order valence-electron chi connectivity index (χ0n) is 11.8. The summed E-state index contributed by atoms with van der Waals surface area (Å²) in [4.78, 5) is 2.38. The normalized spacial score (nSPS) is 22.2. The van der Waals surface area contributed by atoms with Crippen molar-refractivity contribution in [3.05, 3.63) is 29.8 Å². The largest absolute Gasteiger partial charge is 0.490 e. The van der Waals surface area contributed by atoms with Crippen LogP contribution in [-0.4, -0.2) is 43.9 Å². The van der Waals surface area contributed by atoms with Gasteiger partial charge in [0.1, 0.15) is 18.5 Å². The van der Waals surface area contributed by atoms with E-state index in [4.69, 9.17) is 15.2 Å². The molecule has 0 saturated carbocycles. The molecule has 1 aromatic rings. The maximum absolute atomic E-state index is 5.95. The number of likely N-dealkylation sites (N-methyl/N-ethyl adjacent to an activating group) is 1. The number of nitrogens with zero attached hydrogens (tertiary/aromatic N) is 1. The number of para-hydroxylation sites is 1. The first-order chi connectivity index (χ1) is 9.20. The van der Waals surface area contributed by atoms with E-state index in [-0.39, 0.29) is 12.1 Å². The molecule has 0 radical (unpaired) electrons. The molecule has 2 rings (SSSR count). The lowest BCUT2D eigenvalue weighted by Crippen LogP contribution is -2.44. The van der Waals surface area contributed by atoms with E-state index in [1.54, 1.807) is 0 Å². The second kappa shape index (κ2) is 6.89. The first-order valence-electron chi connectivity index (χ1n) is 7.02. The summed E-state index contributed by atoms with van der Waals surface area (Å²) in [5, 5.41) is 0. The number of nitrogens with two attached hydrogens (primary N) is 1. The summed E-state index contributed by atoms with van der Waals surface area (Å²) in [6.45, 7) is 8.54. The number of rotatable bonds is 5. The average molecular weight is 264 g/mol. The Morgan fingerprint density at radius 3 is 3.00 bits per heavy atom. The van der Waals surface area contributed by atoms with Crippen molar-refractivity contribution in [1.82, 2.24) is 4.90 Å². The predicted molar refractivity (Wildman–Crippen MR) is 76.4 cm³/mol. The van der Waals surface area contributed by atoms with Crippen LogP contribution in [0.25, 0.3) is 0 Å². The van der Waals surface area contributed by atoms with Crippen molar-refractivity contribution >= 4 is 0 Å². The number of hydrogen-bond donors (Lipinski definition) is 1. The molecule has 1 saturated heterocycles. The SMILES string of the molecule is CCN1CCOC(COc2ccccc2C(C)N)C1. The van der Waals surface area contributed by atoms with Gasteiger partial charge in [-0.2, -0.15) is 0 Å². The molecule has 2 unspecified atom stereocenters. The van der Waals surface area contributed by atoms with Gasteiger partial charge in [-0.15, -0.1) is 0 Å². The van der Waals surface area contributed by atoms with Gasteiger partial charge >= 0.3 is 0 Å². The molecule has 19 heavy (non-hydrogen) atoms. The highest BCUT2D eigenvalue weighted by atomic mass is 16.5. The molecule has 0 bridgehead atoms. The third-order valence-corrected chi connectivity index (χ3v) is 3.50. The smallest absolute Gasteiger partial charge is 0.124 e. The minimum atomic E-state index is -0.0179. The van der Waals surface area contributed by atoms with Crippen LogP contribution in [0.15, 0.2) is 24.3 Å². The Morgan fingerprint density at radius 2 is 2.26 bits per heavy atom. The van der Waals surface area contributed by atoms with Gasteiger partial charge < -0.3 is 15.2 Å². The van der Waals surface area contributed by atoms with Gasteiger partial charge in [0, 0.05) is 24.7 Å². The lowest BCUT2D eigenvalue weighted by atomic mass is 10.1. The quantitative estimate of drug-likeness (QED) is 0.881. The molecular formula is C15H24N2O2. The minimum Gasteiger partial charge on any atom is -0.490 e. The molecule has 0 aliphatic carbocycles. The van der Waals surface area contributed by atoms with Crippen molar-refractivity contribution in [3.63, 3.8) is 0 Å². The number of morpholine rings is 1. The Hall–Kier alpha value is -1.10. The fourth-order valence-corrected chi connectivity index (χ4v) is 2.34. The van der Waals surface area contributed by atoms with Crippen LogP contribution in [0.1, 0.15) is 25.5 Å². The summed E-state index contributed by atoms with van der Waals surface area (Å²) in [6.07, 6.45) is 0.148. The van der Waals surface area contributed by atoms with E-state index >= 15 is 0 Å². The Labute approximate surface area is 115 Å².